The van der Waals surface area contributed by atoms with E-state index in [9.17, 15) is 0 Å². The Labute approximate surface area is 98.1 Å². The van der Waals surface area contributed by atoms with Gasteiger partial charge in [-0.25, -0.2) is 4.98 Å². The van der Waals surface area contributed by atoms with E-state index in [2.05, 4.69) is 27.9 Å². The Kier molecular flexibility index (Phi) is 2.21. The first-order valence-electron chi connectivity index (χ1n) is 5.53. The SMILES string of the molecule is CC1CCCN1c1nc(N)nc2sccc12. The topological polar surface area (TPSA) is 55.0 Å². The Morgan fingerprint density at radius 3 is 3.12 bits per heavy atom. The average molecular weight is 234 g/mol. The molecule has 2 N–H and O–H groups in total. The van der Waals surface area contributed by atoms with Gasteiger partial charge in [0, 0.05) is 12.6 Å². The van der Waals surface area contributed by atoms with Crippen molar-refractivity contribution in [2.24, 2.45) is 0 Å². The van der Waals surface area contributed by atoms with Gasteiger partial charge in [0.25, 0.3) is 0 Å². The van der Waals surface area contributed by atoms with Crippen molar-refractivity contribution < 1.29 is 0 Å². The summed E-state index contributed by atoms with van der Waals surface area (Å²) < 4.78 is 0. The van der Waals surface area contributed by atoms with Crippen molar-refractivity contribution in [3.05, 3.63) is 11.4 Å². The fourth-order valence-electron chi connectivity index (χ4n) is 2.32. The van der Waals surface area contributed by atoms with Crippen LogP contribution in [0.1, 0.15) is 19.8 Å². The lowest BCUT2D eigenvalue weighted by molar-refractivity contribution is 0.729. The minimum atomic E-state index is 0.379. The summed E-state index contributed by atoms with van der Waals surface area (Å²) in [6.07, 6.45) is 2.46. The molecule has 0 spiro atoms. The molecule has 0 saturated carbocycles. The van der Waals surface area contributed by atoms with Gasteiger partial charge >= 0.3 is 0 Å². The van der Waals surface area contributed by atoms with Gasteiger partial charge in [-0.2, -0.15) is 4.98 Å². The monoisotopic (exact) mass is 234 g/mol. The summed E-state index contributed by atoms with van der Waals surface area (Å²) >= 11 is 1.62. The van der Waals surface area contributed by atoms with E-state index in [1.807, 2.05) is 5.38 Å². The van der Waals surface area contributed by atoms with E-state index in [1.165, 1.54) is 12.8 Å². The van der Waals surface area contributed by atoms with E-state index < -0.39 is 0 Å². The van der Waals surface area contributed by atoms with Crippen LogP contribution in [0.25, 0.3) is 10.2 Å². The maximum atomic E-state index is 5.75. The molecule has 1 fully saturated rings. The van der Waals surface area contributed by atoms with Crippen LogP contribution < -0.4 is 10.6 Å². The smallest absolute Gasteiger partial charge is 0.223 e. The van der Waals surface area contributed by atoms with Crippen molar-refractivity contribution >= 4 is 33.3 Å². The van der Waals surface area contributed by atoms with Crippen LogP contribution in [0.5, 0.6) is 0 Å². The number of nitrogens with two attached hydrogens (primary N) is 1. The molecule has 0 aromatic carbocycles. The molecule has 2 aromatic heterocycles. The molecule has 16 heavy (non-hydrogen) atoms. The molecule has 0 amide bonds. The number of rotatable bonds is 1. The van der Waals surface area contributed by atoms with Gasteiger partial charge in [0.05, 0.1) is 5.39 Å². The van der Waals surface area contributed by atoms with Crippen molar-refractivity contribution in [2.45, 2.75) is 25.8 Å². The zero-order valence-electron chi connectivity index (χ0n) is 9.18. The van der Waals surface area contributed by atoms with Crippen molar-refractivity contribution in [2.75, 3.05) is 17.2 Å². The summed E-state index contributed by atoms with van der Waals surface area (Å²) in [7, 11) is 0. The first-order valence-corrected chi connectivity index (χ1v) is 6.41. The number of hydrogen-bond donors (Lipinski definition) is 1. The number of thiophene rings is 1. The van der Waals surface area contributed by atoms with Crippen LogP contribution in [0.15, 0.2) is 11.4 Å². The minimum Gasteiger partial charge on any atom is -0.368 e. The first-order chi connectivity index (χ1) is 7.75. The summed E-state index contributed by atoms with van der Waals surface area (Å²) in [6, 6.07) is 2.64. The Bertz CT molecular complexity index is 522. The third-order valence-electron chi connectivity index (χ3n) is 3.15. The Balaban J connectivity index is 2.17. The summed E-state index contributed by atoms with van der Waals surface area (Å²) in [5.41, 5.74) is 5.75. The highest BCUT2D eigenvalue weighted by atomic mass is 32.1. The second-order valence-electron chi connectivity index (χ2n) is 4.23. The molecule has 2 aromatic rings. The first kappa shape index (κ1) is 9.84. The molecule has 5 heteroatoms. The second-order valence-corrected chi connectivity index (χ2v) is 5.12. The summed E-state index contributed by atoms with van der Waals surface area (Å²) in [5, 5.41) is 3.18. The predicted molar refractivity (Wildman–Crippen MR) is 67.9 cm³/mol. The van der Waals surface area contributed by atoms with Crippen LogP contribution in [0.4, 0.5) is 11.8 Å². The summed E-state index contributed by atoms with van der Waals surface area (Å²) in [6.45, 7) is 3.31. The molecular formula is C11H14N4S. The molecule has 1 aliphatic rings. The highest BCUT2D eigenvalue weighted by molar-refractivity contribution is 7.16. The molecule has 0 radical (unpaired) electrons. The summed E-state index contributed by atoms with van der Waals surface area (Å²) in [5.74, 6) is 1.39. The maximum Gasteiger partial charge on any atom is 0.223 e. The molecule has 1 saturated heterocycles. The van der Waals surface area contributed by atoms with E-state index in [0.717, 1.165) is 22.6 Å². The number of aromatic nitrogens is 2. The molecule has 1 atom stereocenters. The number of nitrogens with zero attached hydrogens (tertiary/aromatic N) is 3. The zero-order valence-corrected chi connectivity index (χ0v) is 10.00. The number of anilines is 2. The highest BCUT2D eigenvalue weighted by Crippen LogP contribution is 2.32. The van der Waals surface area contributed by atoms with Gasteiger partial charge in [-0.05, 0) is 31.2 Å². The average Bonchev–Trinajstić information content (AvgIpc) is 2.84. The van der Waals surface area contributed by atoms with Gasteiger partial charge in [-0.1, -0.05) is 0 Å². The molecule has 0 bridgehead atoms. The largest absolute Gasteiger partial charge is 0.368 e. The Morgan fingerprint density at radius 1 is 1.50 bits per heavy atom. The van der Waals surface area contributed by atoms with Gasteiger partial charge in [-0.3, -0.25) is 0 Å². The van der Waals surface area contributed by atoms with Crippen LogP contribution in [0.2, 0.25) is 0 Å². The van der Waals surface area contributed by atoms with Crippen molar-refractivity contribution in [3.8, 4) is 0 Å². The zero-order chi connectivity index (χ0) is 11.1. The van der Waals surface area contributed by atoms with Gasteiger partial charge in [-0.15, -0.1) is 11.3 Å². The normalized spacial score (nSPS) is 20.8. The molecule has 4 nitrogen and oxygen atoms in total. The van der Waals surface area contributed by atoms with Gasteiger partial charge in [0.2, 0.25) is 5.95 Å². The van der Waals surface area contributed by atoms with E-state index in [4.69, 9.17) is 5.73 Å². The predicted octanol–water partition coefficient (Wildman–Crippen LogP) is 2.26. The van der Waals surface area contributed by atoms with E-state index in [0.29, 0.717) is 12.0 Å². The van der Waals surface area contributed by atoms with E-state index in [-0.39, 0.29) is 0 Å². The van der Waals surface area contributed by atoms with Crippen LogP contribution in [-0.4, -0.2) is 22.6 Å². The molecule has 1 unspecified atom stereocenters. The molecule has 84 valence electrons. The van der Waals surface area contributed by atoms with Gasteiger partial charge < -0.3 is 10.6 Å². The van der Waals surface area contributed by atoms with Crippen LogP contribution >= 0.6 is 11.3 Å². The highest BCUT2D eigenvalue weighted by Gasteiger charge is 2.24. The molecule has 1 aliphatic heterocycles. The van der Waals surface area contributed by atoms with Crippen LogP contribution in [-0.2, 0) is 0 Å². The Morgan fingerprint density at radius 2 is 2.38 bits per heavy atom. The maximum absolute atomic E-state index is 5.75. The fourth-order valence-corrected chi connectivity index (χ4v) is 3.09. The van der Waals surface area contributed by atoms with Gasteiger partial charge in [0.1, 0.15) is 10.6 Å². The number of fused-ring (bicyclic) bond motifs is 1. The van der Waals surface area contributed by atoms with Crippen LogP contribution in [0, 0.1) is 0 Å². The summed E-state index contributed by atoms with van der Waals surface area (Å²) in [4.78, 5) is 12.0. The molecular weight excluding hydrogens is 220 g/mol. The van der Waals surface area contributed by atoms with Gasteiger partial charge in [0.15, 0.2) is 0 Å². The number of hydrogen-bond acceptors (Lipinski definition) is 5. The number of nitrogen functional groups attached to an aromatic ring is 1. The quantitative estimate of drug-likeness (QED) is 0.822. The lowest BCUT2D eigenvalue weighted by Crippen LogP contribution is -2.27. The Hall–Kier alpha value is -1.36. The molecule has 0 aliphatic carbocycles. The molecule has 3 heterocycles. The third kappa shape index (κ3) is 1.43. The lowest BCUT2D eigenvalue weighted by Gasteiger charge is -2.23. The lowest BCUT2D eigenvalue weighted by atomic mass is 10.2. The van der Waals surface area contributed by atoms with Crippen LogP contribution in [0.3, 0.4) is 0 Å². The fraction of sp³-hybridized carbons (Fsp3) is 0.455. The van der Waals surface area contributed by atoms with E-state index >= 15 is 0 Å². The van der Waals surface area contributed by atoms with E-state index in [1.54, 1.807) is 11.3 Å². The minimum absolute atomic E-state index is 0.379. The van der Waals surface area contributed by atoms with Crippen molar-refractivity contribution in [1.82, 2.24) is 9.97 Å². The van der Waals surface area contributed by atoms with Crippen molar-refractivity contribution in [1.29, 1.82) is 0 Å². The molecule has 3 rings (SSSR count). The van der Waals surface area contributed by atoms with Crippen molar-refractivity contribution in [3.63, 3.8) is 0 Å². The second kappa shape index (κ2) is 3.59. The standard InChI is InChI=1S/C11H14N4S/c1-7-3-2-5-15(7)9-8-4-6-16-10(8)14-11(12)13-9/h4,6-7H,2-3,5H2,1H3,(H2,12,13,14). The third-order valence-corrected chi connectivity index (χ3v) is 3.95.